The Hall–Kier alpha value is -3.30. The van der Waals surface area contributed by atoms with Crippen LogP contribution in [0.15, 0.2) is 84.9 Å². The molecule has 186 valence electrons. The van der Waals surface area contributed by atoms with Crippen molar-refractivity contribution in [1.82, 2.24) is 14.8 Å². The summed E-state index contributed by atoms with van der Waals surface area (Å²) in [6.45, 7) is 2.32. The minimum atomic E-state index is -0.309. The molecule has 0 aliphatic rings. The molecule has 0 fully saturated rings. The highest BCUT2D eigenvalue weighted by Gasteiger charge is 2.13. The van der Waals surface area contributed by atoms with Gasteiger partial charge in [0.05, 0.1) is 26.8 Å². The molecule has 0 unspecified atom stereocenters. The molecule has 3 aromatic carbocycles. The van der Waals surface area contributed by atoms with Crippen molar-refractivity contribution in [2.75, 3.05) is 21.1 Å². The van der Waals surface area contributed by atoms with E-state index in [1.807, 2.05) is 43.3 Å². The molecule has 0 radical (unpaired) electrons. The number of hydrogen-bond acceptors (Lipinski definition) is 3. The van der Waals surface area contributed by atoms with Crippen LogP contribution in [0.2, 0.25) is 0 Å². The summed E-state index contributed by atoms with van der Waals surface area (Å²) in [6, 6.07) is 25.1. The number of quaternary nitrogens is 1. The minimum absolute atomic E-state index is 0. The molecular weight excluding hydrogens is 568 g/mol. The van der Waals surface area contributed by atoms with Crippen molar-refractivity contribution in [2.45, 2.75) is 13.5 Å². The molecule has 5 nitrogen and oxygen atoms in total. The first-order valence-corrected chi connectivity index (χ1v) is 11.4. The second-order valence-electron chi connectivity index (χ2n) is 9.32. The number of ether oxygens (including phenoxy) is 1. The molecule has 0 atom stereocenters. The number of halogens is 2. The predicted molar refractivity (Wildman–Crippen MR) is 138 cm³/mol. The standard InChI is InChI=1S/C29H28FN3O2.HI/c1-20-17-23(29(34)31-19-21-5-11-25(12-6-21)33(2,3)4)18-28(32-20)22-7-13-26(14-8-22)35-27-15-9-24(30)10-16-27;/h5-18H,19H2,1-4H3;1H. The monoisotopic (exact) mass is 597 g/mol. The molecule has 0 saturated carbocycles. The summed E-state index contributed by atoms with van der Waals surface area (Å²) >= 11 is 0. The number of nitrogens with zero attached hydrogens (tertiary/aromatic N) is 2. The van der Waals surface area contributed by atoms with Gasteiger partial charge in [-0.25, -0.2) is 4.39 Å². The van der Waals surface area contributed by atoms with Gasteiger partial charge in [0.2, 0.25) is 0 Å². The van der Waals surface area contributed by atoms with Crippen molar-refractivity contribution in [1.29, 1.82) is 0 Å². The summed E-state index contributed by atoms with van der Waals surface area (Å²) in [4.78, 5) is 17.5. The topological polar surface area (TPSA) is 51.2 Å². The normalized spacial score (nSPS) is 10.9. The van der Waals surface area contributed by atoms with Crippen molar-refractivity contribution in [2.24, 2.45) is 0 Å². The van der Waals surface area contributed by atoms with Crippen LogP contribution in [-0.4, -0.2) is 32.0 Å². The molecule has 4 rings (SSSR count). The van der Waals surface area contributed by atoms with Gasteiger partial charge in [0.1, 0.15) is 23.0 Å². The summed E-state index contributed by atoms with van der Waals surface area (Å²) in [5.74, 6) is 0.723. The molecule has 1 amide bonds. The average Bonchev–Trinajstić information content (AvgIpc) is 2.84. The summed E-state index contributed by atoms with van der Waals surface area (Å²) < 4.78 is 19.6. The van der Waals surface area contributed by atoms with Gasteiger partial charge in [-0.05, 0) is 85.3 Å². The van der Waals surface area contributed by atoms with Gasteiger partial charge < -0.3 is 34.0 Å². The summed E-state index contributed by atoms with van der Waals surface area (Å²) in [7, 11) is 6.35. The zero-order valence-electron chi connectivity index (χ0n) is 20.8. The van der Waals surface area contributed by atoms with Crippen LogP contribution in [0.3, 0.4) is 0 Å². The number of aryl methyl sites for hydroxylation is 1. The van der Waals surface area contributed by atoms with E-state index in [-0.39, 0.29) is 35.7 Å². The number of aromatic nitrogens is 1. The van der Waals surface area contributed by atoms with E-state index in [9.17, 15) is 9.18 Å². The minimum Gasteiger partial charge on any atom is -1.00 e. The molecule has 0 bridgehead atoms. The van der Waals surface area contributed by atoms with Gasteiger partial charge >= 0.3 is 0 Å². The Balaban J connectivity index is 0.00000361. The zero-order valence-corrected chi connectivity index (χ0v) is 22.9. The van der Waals surface area contributed by atoms with Gasteiger partial charge in [-0.1, -0.05) is 12.1 Å². The van der Waals surface area contributed by atoms with Gasteiger partial charge in [0, 0.05) is 23.4 Å². The number of rotatable bonds is 7. The van der Waals surface area contributed by atoms with Crippen LogP contribution >= 0.6 is 0 Å². The fraction of sp³-hybridized carbons (Fsp3) is 0.172. The molecule has 7 heteroatoms. The van der Waals surface area contributed by atoms with Gasteiger partial charge in [0.25, 0.3) is 5.91 Å². The Morgan fingerprint density at radius 3 is 2.06 bits per heavy atom. The van der Waals surface area contributed by atoms with Gasteiger partial charge in [0.15, 0.2) is 0 Å². The maximum Gasteiger partial charge on any atom is 0.251 e. The van der Waals surface area contributed by atoms with Crippen LogP contribution in [0.5, 0.6) is 11.5 Å². The Morgan fingerprint density at radius 1 is 0.889 bits per heavy atom. The van der Waals surface area contributed by atoms with Crippen molar-refractivity contribution in [3.05, 3.63) is 108 Å². The first kappa shape index (κ1) is 27.3. The number of carbonyl (C=O) groups is 1. The highest BCUT2D eigenvalue weighted by molar-refractivity contribution is 5.95. The van der Waals surface area contributed by atoms with E-state index in [2.05, 4.69) is 43.6 Å². The quantitative estimate of drug-likeness (QED) is 0.263. The lowest BCUT2D eigenvalue weighted by molar-refractivity contribution is -0.0000167. The van der Waals surface area contributed by atoms with Crippen LogP contribution in [-0.2, 0) is 6.54 Å². The van der Waals surface area contributed by atoms with E-state index in [1.54, 1.807) is 24.3 Å². The van der Waals surface area contributed by atoms with E-state index in [4.69, 9.17) is 4.74 Å². The van der Waals surface area contributed by atoms with E-state index < -0.39 is 0 Å². The zero-order chi connectivity index (χ0) is 25.0. The number of carbonyl (C=O) groups excluding carboxylic acids is 1. The van der Waals surface area contributed by atoms with Crippen molar-refractivity contribution in [3.63, 3.8) is 0 Å². The molecular formula is C29H29FIN3O2. The van der Waals surface area contributed by atoms with Gasteiger partial charge in [-0.15, -0.1) is 0 Å². The fourth-order valence-electron chi connectivity index (χ4n) is 3.63. The van der Waals surface area contributed by atoms with Crippen LogP contribution in [0.25, 0.3) is 11.3 Å². The molecule has 4 aromatic rings. The van der Waals surface area contributed by atoms with Crippen LogP contribution in [0, 0.1) is 12.7 Å². The predicted octanol–water partition coefficient (Wildman–Crippen LogP) is 3.12. The van der Waals surface area contributed by atoms with Crippen LogP contribution < -0.4 is 38.5 Å². The van der Waals surface area contributed by atoms with E-state index in [1.165, 1.54) is 17.8 Å². The SMILES string of the molecule is Cc1cc(C(=O)NCc2ccc([N+](C)(C)C)cc2)cc(-c2ccc(Oc3ccc(F)cc3)cc2)n1.[I-]. The summed E-state index contributed by atoms with van der Waals surface area (Å²) in [5, 5.41) is 3.00. The molecule has 0 saturated heterocycles. The largest absolute Gasteiger partial charge is 1.00 e. The molecule has 0 aliphatic heterocycles. The summed E-state index contributed by atoms with van der Waals surface area (Å²) in [6.07, 6.45) is 0. The first-order valence-electron chi connectivity index (χ1n) is 11.4. The molecule has 1 heterocycles. The third-order valence-corrected chi connectivity index (χ3v) is 5.58. The van der Waals surface area contributed by atoms with Crippen LogP contribution in [0.4, 0.5) is 10.1 Å². The van der Waals surface area contributed by atoms with Crippen molar-refractivity contribution >= 4 is 11.6 Å². The Bertz CT molecular complexity index is 1320. The molecule has 1 aromatic heterocycles. The summed E-state index contributed by atoms with van der Waals surface area (Å²) in [5.41, 5.74) is 5.12. The highest BCUT2D eigenvalue weighted by Crippen LogP contribution is 2.26. The van der Waals surface area contributed by atoms with E-state index in [0.717, 1.165) is 21.3 Å². The molecule has 1 N–H and O–H groups in total. The van der Waals surface area contributed by atoms with Gasteiger partial charge in [-0.3, -0.25) is 14.3 Å². The maximum atomic E-state index is 13.1. The van der Waals surface area contributed by atoms with Gasteiger partial charge in [-0.2, -0.15) is 0 Å². The molecule has 36 heavy (non-hydrogen) atoms. The number of nitrogens with one attached hydrogen (secondary N) is 1. The molecule has 0 aliphatic carbocycles. The number of benzene rings is 3. The number of pyridine rings is 1. The lowest BCUT2D eigenvalue weighted by Crippen LogP contribution is -3.00. The smallest absolute Gasteiger partial charge is 0.251 e. The third kappa shape index (κ3) is 7.11. The maximum absolute atomic E-state index is 13.1. The van der Waals surface area contributed by atoms with E-state index >= 15 is 0 Å². The van der Waals surface area contributed by atoms with Crippen LogP contribution in [0.1, 0.15) is 21.6 Å². The molecule has 0 spiro atoms. The number of hydrogen-bond donors (Lipinski definition) is 1. The average molecular weight is 597 g/mol. The number of amides is 1. The van der Waals surface area contributed by atoms with Crippen molar-refractivity contribution in [3.8, 4) is 22.8 Å². The first-order chi connectivity index (χ1) is 16.7. The lowest BCUT2D eigenvalue weighted by Gasteiger charge is -2.23. The Morgan fingerprint density at radius 2 is 1.47 bits per heavy atom. The lowest BCUT2D eigenvalue weighted by atomic mass is 10.1. The fourth-order valence-corrected chi connectivity index (χ4v) is 3.63. The van der Waals surface area contributed by atoms with Crippen molar-refractivity contribution < 1.29 is 37.9 Å². The highest BCUT2D eigenvalue weighted by atomic mass is 127. The van der Waals surface area contributed by atoms with E-state index in [0.29, 0.717) is 29.3 Å². The second kappa shape index (κ2) is 11.6. The third-order valence-electron chi connectivity index (χ3n) is 5.58. The second-order valence-corrected chi connectivity index (χ2v) is 9.32. The Kier molecular flexibility index (Phi) is 8.81. The Labute approximate surface area is 228 Å².